The Morgan fingerprint density at radius 3 is 2.67 bits per heavy atom. The van der Waals surface area contributed by atoms with E-state index in [2.05, 4.69) is 18.5 Å². The molecular formula is C9H18N2O. The molecular weight excluding hydrogens is 152 g/mol. The maximum absolute atomic E-state index is 5.26. The normalized spacial score (nSPS) is 16.2. The van der Waals surface area contributed by atoms with Gasteiger partial charge in [0, 0.05) is 13.3 Å². The summed E-state index contributed by atoms with van der Waals surface area (Å²) in [6, 6.07) is 0. The highest BCUT2D eigenvalue weighted by atomic mass is 16.5. The van der Waals surface area contributed by atoms with E-state index in [1.165, 1.54) is 0 Å². The lowest BCUT2D eigenvalue weighted by molar-refractivity contribution is 0.0767. The third kappa shape index (κ3) is 4.91. The molecule has 70 valence electrons. The molecule has 3 nitrogen and oxygen atoms in total. The largest absolute Gasteiger partial charge is 0.384 e. The molecule has 0 amide bonds. The highest BCUT2D eigenvalue weighted by molar-refractivity contribution is 5.58. The van der Waals surface area contributed by atoms with Gasteiger partial charge in [-0.15, -0.1) is 0 Å². The van der Waals surface area contributed by atoms with Gasteiger partial charge in [0.05, 0.1) is 6.10 Å². The highest BCUT2D eigenvalue weighted by Crippen LogP contribution is 2.08. The fourth-order valence-corrected chi connectivity index (χ4v) is 0.760. The molecule has 0 saturated heterocycles. The first kappa shape index (κ1) is 11.2. The molecule has 0 aromatic heterocycles. The van der Waals surface area contributed by atoms with Crippen molar-refractivity contribution in [3.05, 3.63) is 12.4 Å². The summed E-state index contributed by atoms with van der Waals surface area (Å²) in [7, 11) is 1.71. The van der Waals surface area contributed by atoms with Crippen LogP contribution in [0.3, 0.4) is 0 Å². The first-order valence-electron chi connectivity index (χ1n) is 4.07. The third-order valence-electron chi connectivity index (χ3n) is 1.91. The van der Waals surface area contributed by atoms with E-state index in [-0.39, 0.29) is 6.10 Å². The van der Waals surface area contributed by atoms with Gasteiger partial charge in [-0.1, -0.05) is 13.5 Å². The topological polar surface area (TPSA) is 47.6 Å². The zero-order chi connectivity index (χ0) is 9.56. The molecule has 0 aromatic rings. The molecule has 0 radical (unpaired) electrons. The van der Waals surface area contributed by atoms with Crippen molar-refractivity contribution in [2.24, 2.45) is 16.6 Å². The summed E-state index contributed by atoms with van der Waals surface area (Å²) in [5, 5.41) is 0. The second-order valence-electron chi connectivity index (χ2n) is 2.96. The smallest absolute Gasteiger partial charge is 0.115 e. The van der Waals surface area contributed by atoms with E-state index in [1.807, 2.05) is 6.92 Å². The highest BCUT2D eigenvalue weighted by Gasteiger charge is 2.08. The SMILES string of the molecule is C=C(N)N=CCC(C)C(C)OC. The summed E-state index contributed by atoms with van der Waals surface area (Å²) in [5.41, 5.74) is 5.26. The van der Waals surface area contributed by atoms with Gasteiger partial charge < -0.3 is 10.5 Å². The predicted octanol–water partition coefficient (Wildman–Crippen LogP) is 1.55. The van der Waals surface area contributed by atoms with Gasteiger partial charge in [0.2, 0.25) is 0 Å². The van der Waals surface area contributed by atoms with Crippen LogP contribution in [0.25, 0.3) is 0 Å². The summed E-state index contributed by atoms with van der Waals surface area (Å²) in [6.45, 7) is 7.61. The second kappa shape index (κ2) is 5.77. The molecule has 0 bridgehead atoms. The molecule has 2 atom stereocenters. The lowest BCUT2D eigenvalue weighted by Gasteiger charge is -2.15. The monoisotopic (exact) mass is 170 g/mol. The van der Waals surface area contributed by atoms with Crippen LogP contribution in [-0.4, -0.2) is 19.4 Å². The number of methoxy groups -OCH3 is 1. The average Bonchev–Trinajstić information content (AvgIpc) is 2.02. The van der Waals surface area contributed by atoms with Crippen molar-refractivity contribution in [1.29, 1.82) is 0 Å². The standard InChI is InChI=1S/C9H18N2O/c1-7(8(2)12-4)5-6-11-9(3)10/h6-8H,3,5,10H2,1-2,4H3. The van der Waals surface area contributed by atoms with Crippen molar-refractivity contribution >= 4 is 6.21 Å². The van der Waals surface area contributed by atoms with Crippen LogP contribution in [0.1, 0.15) is 20.3 Å². The first-order valence-corrected chi connectivity index (χ1v) is 4.07. The fraction of sp³-hybridized carbons (Fsp3) is 0.667. The van der Waals surface area contributed by atoms with Crippen LogP contribution in [0, 0.1) is 5.92 Å². The Balaban J connectivity index is 3.70. The number of rotatable bonds is 5. The van der Waals surface area contributed by atoms with Crippen molar-refractivity contribution < 1.29 is 4.74 Å². The van der Waals surface area contributed by atoms with Crippen LogP contribution in [0.5, 0.6) is 0 Å². The van der Waals surface area contributed by atoms with Crippen molar-refractivity contribution in [2.75, 3.05) is 7.11 Å². The van der Waals surface area contributed by atoms with Crippen LogP contribution in [-0.2, 0) is 4.74 Å². The van der Waals surface area contributed by atoms with E-state index >= 15 is 0 Å². The van der Waals surface area contributed by atoms with Gasteiger partial charge in [0.25, 0.3) is 0 Å². The molecule has 0 aliphatic carbocycles. The quantitative estimate of drug-likeness (QED) is 0.636. The Hall–Kier alpha value is -0.830. The summed E-state index contributed by atoms with van der Waals surface area (Å²) in [4.78, 5) is 3.88. The maximum atomic E-state index is 5.26. The summed E-state index contributed by atoms with van der Waals surface area (Å²) in [6.07, 6.45) is 2.90. The number of aliphatic imine (C=N–C) groups is 1. The molecule has 0 aliphatic rings. The van der Waals surface area contributed by atoms with E-state index in [4.69, 9.17) is 10.5 Å². The van der Waals surface area contributed by atoms with Crippen molar-refractivity contribution in [1.82, 2.24) is 0 Å². The minimum Gasteiger partial charge on any atom is -0.384 e. The molecule has 0 aliphatic heterocycles. The lowest BCUT2D eigenvalue weighted by Crippen LogP contribution is -2.16. The third-order valence-corrected chi connectivity index (χ3v) is 1.91. The van der Waals surface area contributed by atoms with Crippen LogP contribution < -0.4 is 5.73 Å². The molecule has 0 aromatic carbocycles. The average molecular weight is 170 g/mol. The number of ether oxygens (including phenoxy) is 1. The molecule has 2 unspecified atom stereocenters. The molecule has 0 spiro atoms. The number of hydrogen-bond acceptors (Lipinski definition) is 3. The number of nitrogens with zero attached hydrogens (tertiary/aromatic N) is 1. The van der Waals surface area contributed by atoms with Gasteiger partial charge >= 0.3 is 0 Å². The van der Waals surface area contributed by atoms with E-state index in [1.54, 1.807) is 13.3 Å². The molecule has 0 heterocycles. The minimum atomic E-state index is 0.252. The molecule has 2 N–H and O–H groups in total. The van der Waals surface area contributed by atoms with E-state index < -0.39 is 0 Å². The summed E-state index contributed by atoms with van der Waals surface area (Å²) < 4.78 is 5.15. The van der Waals surface area contributed by atoms with Gasteiger partial charge in [-0.2, -0.15) is 0 Å². The minimum absolute atomic E-state index is 0.252. The van der Waals surface area contributed by atoms with Gasteiger partial charge in [0.15, 0.2) is 0 Å². The van der Waals surface area contributed by atoms with Crippen LogP contribution in [0.4, 0.5) is 0 Å². The predicted molar refractivity (Wildman–Crippen MR) is 52.1 cm³/mol. The maximum Gasteiger partial charge on any atom is 0.115 e. The van der Waals surface area contributed by atoms with Crippen molar-refractivity contribution in [3.63, 3.8) is 0 Å². The Labute approximate surface area is 74.3 Å². The second-order valence-corrected chi connectivity index (χ2v) is 2.96. The number of nitrogens with two attached hydrogens (primary N) is 1. The van der Waals surface area contributed by atoms with E-state index in [9.17, 15) is 0 Å². The van der Waals surface area contributed by atoms with Gasteiger partial charge in [-0.05, 0) is 19.3 Å². The zero-order valence-corrected chi connectivity index (χ0v) is 8.08. The Bertz CT molecular complexity index is 166. The van der Waals surface area contributed by atoms with Gasteiger partial charge in [0.1, 0.15) is 5.82 Å². The van der Waals surface area contributed by atoms with Gasteiger partial charge in [-0.25, -0.2) is 4.99 Å². The summed E-state index contributed by atoms with van der Waals surface area (Å²) in [5.74, 6) is 0.811. The van der Waals surface area contributed by atoms with E-state index in [0.717, 1.165) is 6.42 Å². The Kier molecular flexibility index (Phi) is 5.37. The van der Waals surface area contributed by atoms with Crippen molar-refractivity contribution in [3.8, 4) is 0 Å². The van der Waals surface area contributed by atoms with Crippen molar-refractivity contribution in [2.45, 2.75) is 26.4 Å². The molecule has 0 fully saturated rings. The van der Waals surface area contributed by atoms with E-state index in [0.29, 0.717) is 11.7 Å². The fourth-order valence-electron chi connectivity index (χ4n) is 0.760. The zero-order valence-electron chi connectivity index (χ0n) is 8.08. The number of hydrogen-bond donors (Lipinski definition) is 1. The van der Waals surface area contributed by atoms with Gasteiger partial charge in [-0.3, -0.25) is 0 Å². The Morgan fingerprint density at radius 1 is 1.67 bits per heavy atom. The molecule has 3 heteroatoms. The Morgan fingerprint density at radius 2 is 2.25 bits per heavy atom. The van der Waals surface area contributed by atoms with Crippen LogP contribution >= 0.6 is 0 Å². The molecule has 0 saturated carbocycles. The van der Waals surface area contributed by atoms with Crippen LogP contribution in [0.15, 0.2) is 17.4 Å². The lowest BCUT2D eigenvalue weighted by atomic mass is 10.0. The summed E-state index contributed by atoms with van der Waals surface area (Å²) >= 11 is 0. The first-order chi connectivity index (χ1) is 5.57. The molecule has 12 heavy (non-hydrogen) atoms. The molecule has 0 rings (SSSR count). The van der Waals surface area contributed by atoms with Crippen LogP contribution in [0.2, 0.25) is 0 Å².